The fourth-order valence-electron chi connectivity index (χ4n) is 2.12. The minimum atomic E-state index is -3.81. The second-order valence-corrected chi connectivity index (χ2v) is 7.77. The Morgan fingerprint density at radius 1 is 1.23 bits per heavy atom. The highest BCUT2D eigenvalue weighted by Crippen LogP contribution is 2.21. The first-order valence-corrected chi connectivity index (χ1v) is 8.54. The Balaban J connectivity index is 1.95. The lowest BCUT2D eigenvalue weighted by atomic mass is 10.2. The molecule has 0 radical (unpaired) electrons. The first-order chi connectivity index (χ1) is 10.2. The maximum Gasteiger partial charge on any atom is 0.410 e. The van der Waals surface area contributed by atoms with Gasteiger partial charge in [0.15, 0.2) is 0 Å². The van der Waals surface area contributed by atoms with Crippen molar-refractivity contribution in [2.45, 2.75) is 43.8 Å². The summed E-state index contributed by atoms with van der Waals surface area (Å²) in [6, 6.07) is 7.97. The molecule has 0 spiro atoms. The molecule has 6 nitrogen and oxygen atoms in total. The first kappa shape index (κ1) is 16.8. The molecule has 0 aromatic heterocycles. The van der Waals surface area contributed by atoms with Crippen LogP contribution in [0.4, 0.5) is 4.79 Å². The molecule has 1 aliphatic rings. The maximum absolute atomic E-state index is 12.1. The lowest BCUT2D eigenvalue weighted by molar-refractivity contribution is 0.0276. The van der Waals surface area contributed by atoms with Crippen LogP contribution < -0.4 is 0 Å². The van der Waals surface area contributed by atoms with Gasteiger partial charge in [0.1, 0.15) is 5.60 Å². The van der Waals surface area contributed by atoms with Crippen LogP contribution >= 0.6 is 0 Å². The summed E-state index contributed by atoms with van der Waals surface area (Å²) in [5.41, 5.74) is -0.577. The van der Waals surface area contributed by atoms with Crippen molar-refractivity contribution in [2.75, 3.05) is 13.1 Å². The van der Waals surface area contributed by atoms with Crippen LogP contribution in [-0.2, 0) is 19.0 Å². The van der Waals surface area contributed by atoms with Crippen molar-refractivity contribution >= 4 is 16.2 Å². The predicted molar refractivity (Wildman–Crippen MR) is 80.9 cm³/mol. The molecule has 0 bridgehead atoms. The molecular formula is C15H21NO5S. The Labute approximate surface area is 131 Å². The molecule has 0 N–H and O–H groups in total. The first-order valence-electron chi connectivity index (χ1n) is 7.14. The smallest absolute Gasteiger partial charge is 0.410 e. The fraction of sp³-hybridized carbons (Fsp3) is 0.533. The average Bonchev–Trinajstić information content (AvgIpc) is 2.86. The number of carbonyl (C=O) groups is 1. The molecule has 1 aromatic carbocycles. The van der Waals surface area contributed by atoms with Gasteiger partial charge in [0, 0.05) is 6.54 Å². The summed E-state index contributed by atoms with van der Waals surface area (Å²) in [6.45, 7) is 5.99. The van der Waals surface area contributed by atoms with E-state index in [2.05, 4.69) is 0 Å². The van der Waals surface area contributed by atoms with Gasteiger partial charge in [-0.3, -0.25) is 4.18 Å². The number of benzene rings is 1. The Kier molecular flexibility index (Phi) is 4.77. The molecule has 1 fully saturated rings. The highest BCUT2D eigenvalue weighted by atomic mass is 32.2. The summed E-state index contributed by atoms with van der Waals surface area (Å²) in [7, 11) is -3.81. The number of nitrogens with zero attached hydrogens (tertiary/aromatic N) is 1. The molecule has 2 rings (SSSR count). The number of hydrogen-bond acceptors (Lipinski definition) is 5. The number of ether oxygens (including phenoxy) is 1. The Bertz CT molecular complexity index is 621. The molecule has 1 heterocycles. The largest absolute Gasteiger partial charge is 0.444 e. The zero-order valence-corrected chi connectivity index (χ0v) is 13.8. The lowest BCUT2D eigenvalue weighted by Gasteiger charge is -2.24. The van der Waals surface area contributed by atoms with E-state index in [1.807, 2.05) is 0 Å². The highest BCUT2D eigenvalue weighted by Gasteiger charge is 2.33. The van der Waals surface area contributed by atoms with Crippen LogP contribution in [0.1, 0.15) is 27.2 Å². The number of rotatable bonds is 3. The average molecular weight is 327 g/mol. The molecule has 1 unspecified atom stereocenters. The minimum Gasteiger partial charge on any atom is -0.444 e. The van der Waals surface area contributed by atoms with Crippen molar-refractivity contribution in [3.8, 4) is 0 Å². The third kappa shape index (κ3) is 4.45. The molecule has 122 valence electrons. The fourth-order valence-corrected chi connectivity index (χ4v) is 3.24. The van der Waals surface area contributed by atoms with Gasteiger partial charge in [0.05, 0.1) is 17.5 Å². The van der Waals surface area contributed by atoms with Crippen molar-refractivity contribution in [1.82, 2.24) is 4.90 Å². The topological polar surface area (TPSA) is 72.9 Å². The van der Waals surface area contributed by atoms with Crippen LogP contribution in [-0.4, -0.2) is 44.2 Å². The molecule has 1 saturated heterocycles. The van der Waals surface area contributed by atoms with Crippen LogP contribution in [0, 0.1) is 0 Å². The SMILES string of the molecule is CC(C)(C)OC(=O)N1CCC(OS(=O)(=O)c2ccccc2)C1. The van der Waals surface area contributed by atoms with E-state index in [4.69, 9.17) is 8.92 Å². The van der Waals surface area contributed by atoms with E-state index in [0.29, 0.717) is 13.0 Å². The van der Waals surface area contributed by atoms with Gasteiger partial charge in [0.2, 0.25) is 0 Å². The number of hydrogen-bond donors (Lipinski definition) is 0. The van der Waals surface area contributed by atoms with Gasteiger partial charge in [-0.2, -0.15) is 8.42 Å². The molecule has 1 aliphatic heterocycles. The number of likely N-dealkylation sites (tertiary alicyclic amines) is 1. The van der Waals surface area contributed by atoms with Gasteiger partial charge in [0.25, 0.3) is 10.1 Å². The molecule has 0 aliphatic carbocycles. The van der Waals surface area contributed by atoms with E-state index in [1.165, 1.54) is 17.0 Å². The van der Waals surface area contributed by atoms with Crippen molar-refractivity contribution < 1.29 is 22.1 Å². The molecule has 22 heavy (non-hydrogen) atoms. The molecule has 1 atom stereocenters. The maximum atomic E-state index is 12.1. The molecular weight excluding hydrogens is 306 g/mol. The van der Waals surface area contributed by atoms with Crippen molar-refractivity contribution in [3.63, 3.8) is 0 Å². The van der Waals surface area contributed by atoms with Gasteiger partial charge < -0.3 is 9.64 Å². The highest BCUT2D eigenvalue weighted by molar-refractivity contribution is 7.86. The second-order valence-electron chi connectivity index (χ2n) is 6.20. The van der Waals surface area contributed by atoms with Crippen LogP contribution in [0.3, 0.4) is 0 Å². The van der Waals surface area contributed by atoms with Gasteiger partial charge in [-0.05, 0) is 39.3 Å². The van der Waals surface area contributed by atoms with Crippen LogP contribution in [0.25, 0.3) is 0 Å². The normalized spacial score (nSPS) is 19.2. The standard InChI is InChI=1S/C15H21NO5S/c1-15(2,3)20-14(17)16-10-9-12(11-16)21-22(18,19)13-7-5-4-6-8-13/h4-8,12H,9-11H2,1-3H3. The van der Waals surface area contributed by atoms with Crippen LogP contribution in [0.2, 0.25) is 0 Å². The summed E-state index contributed by atoms with van der Waals surface area (Å²) >= 11 is 0. The molecule has 1 aromatic rings. The number of amides is 1. The summed E-state index contributed by atoms with van der Waals surface area (Å²) < 4.78 is 34.8. The molecule has 1 amide bonds. The van der Waals surface area contributed by atoms with E-state index in [1.54, 1.807) is 39.0 Å². The predicted octanol–water partition coefficient (Wildman–Crippen LogP) is 2.40. The van der Waals surface area contributed by atoms with Crippen molar-refractivity contribution in [2.24, 2.45) is 0 Å². The van der Waals surface area contributed by atoms with E-state index in [-0.39, 0.29) is 11.4 Å². The summed E-state index contributed by atoms with van der Waals surface area (Å²) in [6.07, 6.45) is -0.529. The van der Waals surface area contributed by atoms with E-state index in [0.717, 1.165) is 0 Å². The molecule has 0 saturated carbocycles. The quantitative estimate of drug-likeness (QED) is 0.797. The zero-order valence-electron chi connectivity index (χ0n) is 13.0. The van der Waals surface area contributed by atoms with E-state index in [9.17, 15) is 13.2 Å². The zero-order chi connectivity index (χ0) is 16.4. The summed E-state index contributed by atoms with van der Waals surface area (Å²) in [4.78, 5) is 13.5. The summed E-state index contributed by atoms with van der Waals surface area (Å²) in [5, 5.41) is 0. The number of carbonyl (C=O) groups excluding carboxylic acids is 1. The Morgan fingerprint density at radius 2 is 1.86 bits per heavy atom. The minimum absolute atomic E-state index is 0.116. The van der Waals surface area contributed by atoms with Crippen LogP contribution in [0.5, 0.6) is 0 Å². The van der Waals surface area contributed by atoms with Gasteiger partial charge in [-0.25, -0.2) is 4.79 Å². The third-order valence-corrected chi connectivity index (χ3v) is 4.47. The van der Waals surface area contributed by atoms with Gasteiger partial charge in [-0.1, -0.05) is 18.2 Å². The second kappa shape index (κ2) is 6.26. The van der Waals surface area contributed by atoms with E-state index >= 15 is 0 Å². The van der Waals surface area contributed by atoms with Crippen molar-refractivity contribution in [3.05, 3.63) is 30.3 Å². The Hall–Kier alpha value is -1.60. The van der Waals surface area contributed by atoms with Gasteiger partial charge in [-0.15, -0.1) is 0 Å². The third-order valence-electron chi connectivity index (χ3n) is 3.09. The van der Waals surface area contributed by atoms with Gasteiger partial charge >= 0.3 is 6.09 Å². The Morgan fingerprint density at radius 3 is 2.45 bits per heavy atom. The monoisotopic (exact) mass is 327 g/mol. The lowest BCUT2D eigenvalue weighted by Crippen LogP contribution is -2.36. The summed E-state index contributed by atoms with van der Waals surface area (Å²) in [5.74, 6) is 0. The van der Waals surface area contributed by atoms with Crippen molar-refractivity contribution in [1.29, 1.82) is 0 Å². The van der Waals surface area contributed by atoms with E-state index < -0.39 is 27.9 Å². The molecule has 7 heteroatoms. The van der Waals surface area contributed by atoms with Crippen LogP contribution in [0.15, 0.2) is 35.2 Å².